The Balaban J connectivity index is 1.85. The van der Waals surface area contributed by atoms with Crippen molar-refractivity contribution < 1.29 is 9.53 Å². The first-order chi connectivity index (χ1) is 6.29. The van der Waals surface area contributed by atoms with E-state index in [-0.39, 0.29) is 11.2 Å². The molecule has 1 aliphatic heterocycles. The molecule has 0 N–H and O–H groups in total. The van der Waals surface area contributed by atoms with Gasteiger partial charge in [-0.2, -0.15) is 0 Å². The minimum Gasteiger partial charge on any atom is -0.354 e. The highest BCUT2D eigenvalue weighted by molar-refractivity contribution is 5.93. The van der Waals surface area contributed by atoms with E-state index >= 15 is 0 Å². The molecular weight excluding hydrogens is 164 g/mol. The van der Waals surface area contributed by atoms with Gasteiger partial charge in [-0.25, -0.2) is 0 Å². The molecule has 0 aromatic carbocycles. The minimum atomic E-state index is -0.270. The minimum absolute atomic E-state index is 0.0266. The number of epoxide rings is 1. The van der Waals surface area contributed by atoms with Crippen molar-refractivity contribution in [2.24, 2.45) is 0 Å². The van der Waals surface area contributed by atoms with Crippen LogP contribution in [0.25, 0.3) is 0 Å². The molecule has 1 unspecified atom stereocenters. The lowest BCUT2D eigenvalue weighted by Crippen LogP contribution is -2.31. The monoisotopic (exact) mass is 180 g/mol. The smallest absolute Gasteiger partial charge is 0.167 e. The van der Waals surface area contributed by atoms with Crippen LogP contribution in [0.2, 0.25) is 0 Å². The molecule has 2 saturated carbocycles. The molecule has 3 fully saturated rings. The summed E-state index contributed by atoms with van der Waals surface area (Å²) in [6, 6.07) is 0. The summed E-state index contributed by atoms with van der Waals surface area (Å²) in [5, 5.41) is 0. The normalized spacial score (nSPS) is 41.7. The van der Waals surface area contributed by atoms with Crippen LogP contribution in [-0.4, -0.2) is 17.0 Å². The molecule has 0 aromatic rings. The van der Waals surface area contributed by atoms with Gasteiger partial charge in [0.25, 0.3) is 0 Å². The summed E-state index contributed by atoms with van der Waals surface area (Å²) < 4.78 is 5.86. The van der Waals surface area contributed by atoms with E-state index in [0.29, 0.717) is 5.78 Å². The van der Waals surface area contributed by atoms with Gasteiger partial charge >= 0.3 is 0 Å². The third-order valence-electron chi connectivity index (χ3n) is 4.11. The Labute approximate surface area is 78.6 Å². The van der Waals surface area contributed by atoms with Crippen molar-refractivity contribution in [1.82, 2.24) is 0 Å². The van der Waals surface area contributed by atoms with Crippen LogP contribution >= 0.6 is 0 Å². The number of Topliss-reactive ketones (excluding diaryl/α,β-unsaturated/α-hetero) is 1. The van der Waals surface area contributed by atoms with Crippen molar-refractivity contribution in [3.8, 4) is 0 Å². The Hall–Kier alpha value is -0.370. The lowest BCUT2D eigenvalue weighted by atomic mass is 9.79. The zero-order valence-corrected chi connectivity index (χ0v) is 7.97. The Morgan fingerprint density at radius 1 is 1.00 bits per heavy atom. The van der Waals surface area contributed by atoms with Crippen molar-refractivity contribution in [3.05, 3.63) is 0 Å². The summed E-state index contributed by atoms with van der Waals surface area (Å²) in [5.74, 6) is 0.398. The van der Waals surface area contributed by atoms with Gasteiger partial charge in [0.1, 0.15) is 5.60 Å². The molecule has 0 aromatic heterocycles. The Morgan fingerprint density at radius 2 is 1.77 bits per heavy atom. The van der Waals surface area contributed by atoms with E-state index < -0.39 is 0 Å². The van der Waals surface area contributed by atoms with Crippen molar-refractivity contribution >= 4 is 5.78 Å². The summed E-state index contributed by atoms with van der Waals surface area (Å²) in [4.78, 5) is 11.7. The maximum Gasteiger partial charge on any atom is 0.167 e. The zero-order valence-electron chi connectivity index (χ0n) is 7.97. The number of ketones is 1. The predicted molar refractivity (Wildman–Crippen MR) is 48.5 cm³/mol. The molecule has 1 atom stereocenters. The number of hydrogen-bond donors (Lipinski definition) is 0. The summed E-state index contributed by atoms with van der Waals surface area (Å²) in [6.45, 7) is 0. The number of hydrogen-bond acceptors (Lipinski definition) is 2. The Kier molecular flexibility index (Phi) is 1.44. The van der Waals surface area contributed by atoms with Crippen LogP contribution in [0.5, 0.6) is 0 Å². The highest BCUT2D eigenvalue weighted by Crippen LogP contribution is 2.61. The first-order valence-electron chi connectivity index (χ1n) is 5.53. The molecule has 13 heavy (non-hydrogen) atoms. The number of carbonyl (C=O) groups excluding carboxylic acids is 1. The quantitative estimate of drug-likeness (QED) is 0.535. The number of ether oxygens (including phenoxy) is 1. The molecule has 2 nitrogen and oxygen atoms in total. The van der Waals surface area contributed by atoms with E-state index in [9.17, 15) is 4.79 Å². The second-order valence-corrected chi connectivity index (χ2v) is 4.76. The third-order valence-corrected chi connectivity index (χ3v) is 4.11. The van der Waals surface area contributed by atoms with Crippen LogP contribution in [0.1, 0.15) is 51.4 Å². The molecule has 2 aliphatic carbocycles. The van der Waals surface area contributed by atoms with Crippen LogP contribution in [0.4, 0.5) is 0 Å². The predicted octanol–water partition coefficient (Wildman–Crippen LogP) is 2.21. The van der Waals surface area contributed by atoms with Crippen LogP contribution in [0.3, 0.4) is 0 Å². The van der Waals surface area contributed by atoms with Crippen molar-refractivity contribution in [2.45, 2.75) is 62.6 Å². The van der Waals surface area contributed by atoms with Gasteiger partial charge in [-0.15, -0.1) is 0 Å². The number of rotatable bonds is 0. The Bertz CT molecular complexity index is 253. The van der Waals surface area contributed by atoms with E-state index in [1.165, 1.54) is 19.3 Å². The first-order valence-corrected chi connectivity index (χ1v) is 5.53. The summed E-state index contributed by atoms with van der Waals surface area (Å²) in [7, 11) is 0. The topological polar surface area (TPSA) is 29.6 Å². The Morgan fingerprint density at radius 3 is 2.38 bits per heavy atom. The molecule has 3 rings (SSSR count). The lowest BCUT2D eigenvalue weighted by Gasteiger charge is -2.20. The van der Waals surface area contributed by atoms with Gasteiger partial charge in [0.05, 0.1) is 0 Å². The number of fused-ring (bicyclic) bond motifs is 1. The van der Waals surface area contributed by atoms with E-state index in [0.717, 1.165) is 32.1 Å². The largest absolute Gasteiger partial charge is 0.354 e. The highest BCUT2D eigenvalue weighted by atomic mass is 16.6. The lowest BCUT2D eigenvalue weighted by molar-refractivity contribution is -0.121. The molecule has 1 saturated heterocycles. The van der Waals surface area contributed by atoms with Gasteiger partial charge in [-0.3, -0.25) is 4.79 Å². The second kappa shape index (κ2) is 2.35. The van der Waals surface area contributed by atoms with Crippen LogP contribution in [-0.2, 0) is 9.53 Å². The average Bonchev–Trinajstić information content (AvgIpc) is 2.58. The van der Waals surface area contributed by atoms with Crippen LogP contribution < -0.4 is 0 Å². The van der Waals surface area contributed by atoms with Crippen molar-refractivity contribution in [2.75, 3.05) is 0 Å². The molecule has 0 radical (unpaired) electrons. The van der Waals surface area contributed by atoms with E-state index in [1.54, 1.807) is 0 Å². The SMILES string of the molecule is O=C1CCCC12OC21CCCCC1. The molecular formula is C11H16O2. The molecule has 0 amide bonds. The fourth-order valence-corrected chi connectivity index (χ4v) is 3.37. The fourth-order valence-electron chi connectivity index (χ4n) is 3.37. The van der Waals surface area contributed by atoms with Gasteiger partial charge in [0.15, 0.2) is 11.4 Å². The summed E-state index contributed by atoms with van der Waals surface area (Å²) in [6.07, 6.45) is 8.95. The first kappa shape index (κ1) is 7.98. The molecule has 3 aliphatic rings. The summed E-state index contributed by atoms with van der Waals surface area (Å²) >= 11 is 0. The molecule has 1 heterocycles. The zero-order chi connectivity index (χ0) is 8.94. The van der Waals surface area contributed by atoms with Gasteiger partial charge in [-0.05, 0) is 25.7 Å². The molecule has 72 valence electrons. The van der Waals surface area contributed by atoms with Gasteiger partial charge in [-0.1, -0.05) is 19.3 Å². The standard InChI is InChI=1S/C11H16O2/c12-9-5-4-8-11(9)10(13-11)6-2-1-3-7-10/h1-8H2. The summed E-state index contributed by atoms with van der Waals surface area (Å²) in [5.41, 5.74) is -0.244. The fraction of sp³-hybridized carbons (Fsp3) is 0.909. The second-order valence-electron chi connectivity index (χ2n) is 4.76. The maximum absolute atomic E-state index is 11.7. The van der Waals surface area contributed by atoms with Crippen LogP contribution in [0.15, 0.2) is 0 Å². The average molecular weight is 180 g/mol. The molecule has 2 spiro atoms. The van der Waals surface area contributed by atoms with Gasteiger partial charge in [0, 0.05) is 6.42 Å². The van der Waals surface area contributed by atoms with Crippen molar-refractivity contribution in [1.29, 1.82) is 0 Å². The van der Waals surface area contributed by atoms with Crippen molar-refractivity contribution in [3.63, 3.8) is 0 Å². The highest BCUT2D eigenvalue weighted by Gasteiger charge is 2.73. The number of carbonyl (C=O) groups is 1. The molecule has 2 heteroatoms. The van der Waals surface area contributed by atoms with E-state index in [1.807, 2.05) is 0 Å². The third kappa shape index (κ3) is 0.850. The van der Waals surface area contributed by atoms with Gasteiger partial charge in [0.2, 0.25) is 0 Å². The van der Waals surface area contributed by atoms with Gasteiger partial charge < -0.3 is 4.74 Å². The maximum atomic E-state index is 11.7. The van der Waals surface area contributed by atoms with E-state index in [4.69, 9.17) is 4.74 Å². The van der Waals surface area contributed by atoms with E-state index in [2.05, 4.69) is 0 Å². The molecule has 0 bridgehead atoms. The van der Waals surface area contributed by atoms with Crippen LogP contribution in [0, 0.1) is 0 Å².